The number of aliphatic hydroxyl groups is 1. The molecule has 0 spiro atoms. The topological polar surface area (TPSA) is 32.3 Å². The largest absolute Gasteiger partial charge is 0.395 e. The Morgan fingerprint density at radius 3 is 2.60 bits per heavy atom. The van der Waals surface area contributed by atoms with Gasteiger partial charge in [0.15, 0.2) is 0 Å². The second kappa shape index (κ2) is 6.26. The predicted molar refractivity (Wildman–Crippen MR) is 66.2 cm³/mol. The SMILES string of the molecule is CCC(N[C@H](CO)C(C)C)c1cccs1. The lowest BCUT2D eigenvalue weighted by molar-refractivity contribution is 0.198. The van der Waals surface area contributed by atoms with Gasteiger partial charge < -0.3 is 10.4 Å². The van der Waals surface area contributed by atoms with E-state index in [4.69, 9.17) is 0 Å². The number of hydrogen-bond acceptors (Lipinski definition) is 3. The van der Waals surface area contributed by atoms with E-state index in [1.807, 2.05) is 0 Å². The van der Waals surface area contributed by atoms with Gasteiger partial charge in [-0.2, -0.15) is 0 Å². The highest BCUT2D eigenvalue weighted by atomic mass is 32.1. The van der Waals surface area contributed by atoms with Crippen LogP contribution in [0.4, 0.5) is 0 Å². The Kier molecular flexibility index (Phi) is 5.29. The maximum absolute atomic E-state index is 9.28. The van der Waals surface area contributed by atoms with Crippen LogP contribution in [0.2, 0.25) is 0 Å². The minimum atomic E-state index is 0.192. The lowest BCUT2D eigenvalue weighted by Gasteiger charge is -2.25. The first kappa shape index (κ1) is 12.7. The third-order valence-corrected chi connectivity index (χ3v) is 3.70. The van der Waals surface area contributed by atoms with Gasteiger partial charge in [-0.1, -0.05) is 26.8 Å². The molecule has 1 aromatic heterocycles. The van der Waals surface area contributed by atoms with E-state index < -0.39 is 0 Å². The summed E-state index contributed by atoms with van der Waals surface area (Å²) in [5, 5.41) is 14.9. The Labute approximate surface area is 96.3 Å². The molecule has 1 heterocycles. The number of hydrogen-bond donors (Lipinski definition) is 2. The Bertz CT molecular complexity index is 259. The molecular formula is C12H21NOS. The van der Waals surface area contributed by atoms with E-state index in [2.05, 4.69) is 43.6 Å². The number of nitrogens with one attached hydrogen (secondary N) is 1. The molecular weight excluding hydrogens is 206 g/mol. The van der Waals surface area contributed by atoms with Crippen LogP contribution in [-0.4, -0.2) is 17.8 Å². The van der Waals surface area contributed by atoms with Gasteiger partial charge in [-0.25, -0.2) is 0 Å². The maximum Gasteiger partial charge on any atom is 0.0587 e. The quantitative estimate of drug-likeness (QED) is 0.783. The summed E-state index contributed by atoms with van der Waals surface area (Å²) < 4.78 is 0. The molecule has 15 heavy (non-hydrogen) atoms. The Hall–Kier alpha value is -0.380. The van der Waals surface area contributed by atoms with E-state index in [1.165, 1.54) is 4.88 Å². The Morgan fingerprint density at radius 1 is 1.47 bits per heavy atom. The van der Waals surface area contributed by atoms with Crippen LogP contribution in [0.15, 0.2) is 17.5 Å². The van der Waals surface area contributed by atoms with Gasteiger partial charge in [0.2, 0.25) is 0 Å². The summed E-state index contributed by atoms with van der Waals surface area (Å²) >= 11 is 1.78. The zero-order chi connectivity index (χ0) is 11.3. The van der Waals surface area contributed by atoms with E-state index >= 15 is 0 Å². The molecule has 0 aliphatic heterocycles. The molecule has 1 aromatic rings. The standard InChI is InChI=1S/C12H21NOS/c1-4-10(12-6-5-7-15-12)13-11(8-14)9(2)3/h5-7,9-11,13-14H,4,8H2,1-3H3/t10?,11-/m1/s1. The smallest absolute Gasteiger partial charge is 0.0587 e. The first-order chi connectivity index (χ1) is 7.19. The molecule has 0 aromatic carbocycles. The van der Waals surface area contributed by atoms with E-state index in [9.17, 15) is 5.11 Å². The second-order valence-corrected chi connectivity index (χ2v) is 5.16. The van der Waals surface area contributed by atoms with Crippen molar-refractivity contribution >= 4 is 11.3 Å². The lowest BCUT2D eigenvalue weighted by Crippen LogP contribution is -2.39. The van der Waals surface area contributed by atoms with Crippen molar-refractivity contribution in [2.75, 3.05) is 6.61 Å². The van der Waals surface area contributed by atoms with Gasteiger partial charge in [0.25, 0.3) is 0 Å². The average Bonchev–Trinajstić information content (AvgIpc) is 2.72. The Morgan fingerprint density at radius 2 is 2.20 bits per heavy atom. The average molecular weight is 227 g/mol. The van der Waals surface area contributed by atoms with Crippen LogP contribution in [0.3, 0.4) is 0 Å². The van der Waals surface area contributed by atoms with Crippen molar-refractivity contribution in [2.45, 2.75) is 39.3 Å². The molecule has 1 unspecified atom stereocenters. The van der Waals surface area contributed by atoms with Crippen molar-refractivity contribution in [3.63, 3.8) is 0 Å². The Balaban J connectivity index is 2.60. The number of thiophene rings is 1. The molecule has 2 N–H and O–H groups in total. The van der Waals surface area contributed by atoms with Gasteiger partial charge >= 0.3 is 0 Å². The van der Waals surface area contributed by atoms with E-state index in [0.29, 0.717) is 12.0 Å². The van der Waals surface area contributed by atoms with Gasteiger partial charge in [0, 0.05) is 17.0 Å². The summed E-state index contributed by atoms with van der Waals surface area (Å²) in [4.78, 5) is 1.36. The van der Waals surface area contributed by atoms with Crippen LogP contribution in [0.1, 0.15) is 38.1 Å². The fraction of sp³-hybridized carbons (Fsp3) is 0.667. The van der Waals surface area contributed by atoms with Crippen molar-refractivity contribution < 1.29 is 5.11 Å². The summed E-state index contributed by atoms with van der Waals surface area (Å²) in [6.07, 6.45) is 1.06. The van der Waals surface area contributed by atoms with E-state index in [0.717, 1.165) is 6.42 Å². The molecule has 0 saturated carbocycles. The molecule has 0 fully saturated rings. The fourth-order valence-electron chi connectivity index (χ4n) is 1.61. The predicted octanol–water partition coefficient (Wildman–Crippen LogP) is 2.81. The van der Waals surface area contributed by atoms with Crippen LogP contribution >= 0.6 is 11.3 Å². The summed E-state index contributed by atoms with van der Waals surface area (Å²) in [5.74, 6) is 0.462. The molecule has 0 aliphatic carbocycles. The van der Waals surface area contributed by atoms with Gasteiger partial charge in [0.05, 0.1) is 6.61 Å². The summed E-state index contributed by atoms with van der Waals surface area (Å²) in [7, 11) is 0. The van der Waals surface area contributed by atoms with Crippen LogP contribution in [0, 0.1) is 5.92 Å². The van der Waals surface area contributed by atoms with Gasteiger partial charge in [-0.15, -0.1) is 11.3 Å². The van der Waals surface area contributed by atoms with E-state index in [-0.39, 0.29) is 12.6 Å². The zero-order valence-corrected chi connectivity index (χ0v) is 10.6. The molecule has 0 aliphatic rings. The van der Waals surface area contributed by atoms with Crippen LogP contribution in [-0.2, 0) is 0 Å². The summed E-state index contributed by atoms with van der Waals surface area (Å²) in [5.41, 5.74) is 0. The van der Waals surface area contributed by atoms with Crippen LogP contribution < -0.4 is 5.32 Å². The molecule has 1 rings (SSSR count). The first-order valence-corrected chi connectivity index (χ1v) is 6.47. The fourth-order valence-corrected chi connectivity index (χ4v) is 2.48. The maximum atomic E-state index is 9.28. The van der Waals surface area contributed by atoms with Crippen molar-refractivity contribution in [1.82, 2.24) is 5.32 Å². The van der Waals surface area contributed by atoms with Crippen LogP contribution in [0.25, 0.3) is 0 Å². The zero-order valence-electron chi connectivity index (χ0n) is 9.73. The lowest BCUT2D eigenvalue weighted by atomic mass is 10.0. The molecule has 2 atom stereocenters. The monoisotopic (exact) mass is 227 g/mol. The molecule has 3 heteroatoms. The highest BCUT2D eigenvalue weighted by Gasteiger charge is 2.18. The van der Waals surface area contributed by atoms with Gasteiger partial charge in [-0.3, -0.25) is 0 Å². The summed E-state index contributed by atoms with van der Waals surface area (Å²) in [6.45, 7) is 6.65. The molecule has 86 valence electrons. The van der Waals surface area contributed by atoms with Crippen molar-refractivity contribution in [1.29, 1.82) is 0 Å². The number of rotatable bonds is 6. The van der Waals surface area contributed by atoms with Crippen molar-refractivity contribution in [3.8, 4) is 0 Å². The van der Waals surface area contributed by atoms with Gasteiger partial charge in [-0.05, 0) is 23.8 Å². The summed E-state index contributed by atoms with van der Waals surface area (Å²) in [6, 6.07) is 4.80. The highest BCUT2D eigenvalue weighted by Crippen LogP contribution is 2.23. The minimum Gasteiger partial charge on any atom is -0.395 e. The van der Waals surface area contributed by atoms with Crippen LogP contribution in [0.5, 0.6) is 0 Å². The molecule has 0 radical (unpaired) electrons. The molecule has 0 amide bonds. The van der Waals surface area contributed by atoms with Crippen molar-refractivity contribution in [3.05, 3.63) is 22.4 Å². The highest BCUT2D eigenvalue weighted by molar-refractivity contribution is 7.10. The third kappa shape index (κ3) is 3.59. The number of aliphatic hydroxyl groups excluding tert-OH is 1. The minimum absolute atomic E-state index is 0.192. The van der Waals surface area contributed by atoms with Crippen molar-refractivity contribution in [2.24, 2.45) is 5.92 Å². The normalized spacial score (nSPS) is 15.5. The van der Waals surface area contributed by atoms with Gasteiger partial charge in [0.1, 0.15) is 0 Å². The molecule has 0 bridgehead atoms. The molecule has 2 nitrogen and oxygen atoms in total. The first-order valence-electron chi connectivity index (χ1n) is 5.59. The molecule has 0 saturated heterocycles. The van der Waals surface area contributed by atoms with E-state index in [1.54, 1.807) is 11.3 Å². The second-order valence-electron chi connectivity index (χ2n) is 4.18. The third-order valence-electron chi connectivity index (χ3n) is 2.71.